The lowest BCUT2D eigenvalue weighted by atomic mass is 9.85. The minimum absolute atomic E-state index is 0.0514. The van der Waals surface area contributed by atoms with Crippen molar-refractivity contribution in [2.75, 3.05) is 11.9 Å². The zero-order valence-electron chi connectivity index (χ0n) is 19.2. The highest BCUT2D eigenvalue weighted by Crippen LogP contribution is 2.37. The maximum Gasteiger partial charge on any atom is 0.322 e. The van der Waals surface area contributed by atoms with E-state index in [1.807, 2.05) is 30.3 Å². The maximum atomic E-state index is 16.0. The maximum absolute atomic E-state index is 16.0. The zero-order valence-corrected chi connectivity index (χ0v) is 20.0. The van der Waals surface area contributed by atoms with Gasteiger partial charge in [-0.15, -0.1) is 0 Å². The average molecular weight is 509 g/mol. The van der Waals surface area contributed by atoms with Gasteiger partial charge in [0, 0.05) is 25.2 Å². The molecule has 0 saturated heterocycles. The van der Waals surface area contributed by atoms with Crippen LogP contribution < -0.4 is 10.0 Å². The Morgan fingerprint density at radius 2 is 1.92 bits per heavy atom. The predicted molar refractivity (Wildman–Crippen MR) is 134 cm³/mol. The number of pyridine rings is 2. The Bertz CT molecular complexity index is 1380. The van der Waals surface area contributed by atoms with Crippen molar-refractivity contribution in [3.63, 3.8) is 0 Å². The summed E-state index contributed by atoms with van der Waals surface area (Å²) in [5.74, 6) is -0.842. The molecule has 0 bridgehead atoms. The Hall–Kier alpha value is -3.89. The summed E-state index contributed by atoms with van der Waals surface area (Å²) in [5.41, 5.74) is 0.256. The molecule has 1 aliphatic carbocycles. The van der Waals surface area contributed by atoms with Crippen molar-refractivity contribution >= 4 is 27.4 Å². The number of nitrogens with one attached hydrogen (secondary N) is 2. The van der Waals surface area contributed by atoms with Crippen molar-refractivity contribution < 1.29 is 22.7 Å². The number of carboxylic acids is 1. The van der Waals surface area contributed by atoms with E-state index in [1.54, 1.807) is 30.4 Å². The Morgan fingerprint density at radius 1 is 1.11 bits per heavy atom. The minimum atomic E-state index is -4.05. The van der Waals surface area contributed by atoms with Crippen LogP contribution in [0, 0.1) is 0 Å². The third-order valence-electron chi connectivity index (χ3n) is 5.66. The number of carbonyl (C=O) groups is 1. The number of hydrogen-bond acceptors (Lipinski definition) is 6. The quantitative estimate of drug-likeness (QED) is 0.376. The molecule has 2 atom stereocenters. The van der Waals surface area contributed by atoms with Crippen LogP contribution in [0.4, 0.5) is 10.2 Å². The van der Waals surface area contributed by atoms with Crippen LogP contribution in [0.2, 0.25) is 0 Å². The van der Waals surface area contributed by atoms with Gasteiger partial charge in [-0.1, -0.05) is 48.6 Å². The summed E-state index contributed by atoms with van der Waals surface area (Å²) in [6.07, 6.45) is 7.43. The third kappa shape index (κ3) is 6.41. The summed E-state index contributed by atoms with van der Waals surface area (Å²) in [4.78, 5) is 19.1. The number of allylic oxidation sites excluding steroid dienone is 4. The molecule has 186 valence electrons. The molecular formula is C26H25FN4O4S. The average Bonchev–Trinajstić information content (AvgIpc) is 2.88. The van der Waals surface area contributed by atoms with E-state index in [2.05, 4.69) is 20.0 Å². The first-order valence-corrected chi connectivity index (χ1v) is 12.7. The Labute approximate surface area is 208 Å². The second-order valence-corrected chi connectivity index (χ2v) is 10.1. The van der Waals surface area contributed by atoms with E-state index >= 15 is 4.39 Å². The van der Waals surface area contributed by atoms with E-state index in [4.69, 9.17) is 5.11 Å². The lowest BCUT2D eigenvalue weighted by molar-refractivity contribution is -0.134. The number of sulfonamides is 1. The topological polar surface area (TPSA) is 121 Å². The van der Waals surface area contributed by atoms with E-state index in [0.717, 1.165) is 11.1 Å². The summed E-state index contributed by atoms with van der Waals surface area (Å²) in [5, 5.41) is 11.6. The number of nitrogens with zero attached hydrogens (tertiary/aromatic N) is 2. The molecule has 4 rings (SSSR count). The second kappa shape index (κ2) is 10.8. The van der Waals surface area contributed by atoms with Crippen LogP contribution in [0.3, 0.4) is 0 Å². The van der Waals surface area contributed by atoms with Crippen LogP contribution in [-0.2, 0) is 14.8 Å². The minimum Gasteiger partial charge on any atom is -0.480 e. The fourth-order valence-electron chi connectivity index (χ4n) is 3.87. The molecule has 3 aromatic rings. The van der Waals surface area contributed by atoms with Crippen molar-refractivity contribution in [2.24, 2.45) is 0 Å². The molecule has 0 radical (unpaired) electrons. The lowest BCUT2D eigenvalue weighted by Gasteiger charge is -2.29. The molecule has 0 aliphatic heterocycles. The number of aromatic nitrogens is 2. The molecule has 0 saturated carbocycles. The van der Waals surface area contributed by atoms with Gasteiger partial charge in [0.05, 0.1) is 11.7 Å². The summed E-state index contributed by atoms with van der Waals surface area (Å²) < 4.78 is 44.7. The summed E-state index contributed by atoms with van der Waals surface area (Å²) >= 11 is 0. The van der Waals surface area contributed by atoms with E-state index in [0.29, 0.717) is 0 Å². The van der Waals surface area contributed by atoms with E-state index in [9.17, 15) is 13.2 Å². The molecule has 2 unspecified atom stereocenters. The van der Waals surface area contributed by atoms with Crippen molar-refractivity contribution in [2.45, 2.75) is 29.4 Å². The van der Waals surface area contributed by atoms with Crippen LogP contribution in [0.1, 0.15) is 30.1 Å². The van der Waals surface area contributed by atoms with Crippen LogP contribution in [0.5, 0.6) is 0 Å². The van der Waals surface area contributed by atoms with Gasteiger partial charge < -0.3 is 10.4 Å². The molecular weight excluding hydrogens is 483 g/mol. The van der Waals surface area contributed by atoms with Gasteiger partial charge in [-0.05, 0) is 41.5 Å². The molecule has 0 spiro atoms. The van der Waals surface area contributed by atoms with E-state index < -0.39 is 27.7 Å². The third-order valence-corrected chi connectivity index (χ3v) is 7.12. The number of aliphatic carboxylic acids is 1. The molecule has 10 heteroatoms. The molecule has 3 N–H and O–H groups in total. The second-order valence-electron chi connectivity index (χ2n) is 8.36. The SMILES string of the molecule is O=C(O)CNc1cccc(C(CC2(F)C=CC(c3ccccc3)=CC2)NS(=O)(=O)c2cccnc2)n1. The van der Waals surface area contributed by atoms with Crippen molar-refractivity contribution in [1.29, 1.82) is 0 Å². The van der Waals surface area contributed by atoms with Crippen LogP contribution in [0.15, 0.2) is 96.2 Å². The van der Waals surface area contributed by atoms with Gasteiger partial charge in [0.2, 0.25) is 10.0 Å². The highest BCUT2D eigenvalue weighted by atomic mass is 32.2. The Kier molecular flexibility index (Phi) is 7.56. The monoisotopic (exact) mass is 508 g/mol. The number of alkyl halides is 1. The van der Waals surface area contributed by atoms with Gasteiger partial charge >= 0.3 is 5.97 Å². The molecule has 2 heterocycles. The zero-order chi connectivity index (χ0) is 25.6. The normalized spacial score (nSPS) is 18.3. The highest BCUT2D eigenvalue weighted by molar-refractivity contribution is 7.89. The molecule has 36 heavy (non-hydrogen) atoms. The Morgan fingerprint density at radius 3 is 2.58 bits per heavy atom. The smallest absolute Gasteiger partial charge is 0.322 e. The first-order valence-electron chi connectivity index (χ1n) is 11.2. The van der Waals surface area contributed by atoms with Gasteiger partial charge in [-0.3, -0.25) is 9.78 Å². The number of benzene rings is 1. The molecule has 0 amide bonds. The molecule has 2 aromatic heterocycles. The summed E-state index contributed by atoms with van der Waals surface area (Å²) in [6, 6.07) is 16.2. The first kappa shape index (κ1) is 25.2. The van der Waals surface area contributed by atoms with E-state index in [1.165, 1.54) is 30.6 Å². The van der Waals surface area contributed by atoms with Gasteiger partial charge in [-0.25, -0.2) is 22.5 Å². The standard InChI is InChI=1S/C26H25FN4O4S/c27-26(13-11-20(12-14-26)19-6-2-1-3-7-19)16-23(31-36(34,35)21-8-5-15-28-17-21)22-9-4-10-24(30-22)29-18-25(32)33/h1-13,15,17,23,31H,14,16,18H2,(H,29,30)(H,32,33). The fourth-order valence-corrected chi connectivity index (χ4v) is 5.04. The van der Waals surface area contributed by atoms with Crippen molar-refractivity contribution in [3.05, 3.63) is 103 Å². The van der Waals surface area contributed by atoms with Crippen LogP contribution in [-0.4, -0.2) is 41.7 Å². The molecule has 8 nitrogen and oxygen atoms in total. The van der Waals surface area contributed by atoms with Crippen molar-refractivity contribution in [3.8, 4) is 0 Å². The first-order chi connectivity index (χ1) is 17.2. The van der Waals surface area contributed by atoms with Crippen LogP contribution in [0.25, 0.3) is 5.57 Å². The van der Waals surface area contributed by atoms with Gasteiger partial charge in [0.25, 0.3) is 0 Å². The summed E-state index contributed by atoms with van der Waals surface area (Å²) in [7, 11) is -4.05. The number of halogens is 1. The van der Waals surface area contributed by atoms with Gasteiger partial charge in [-0.2, -0.15) is 0 Å². The van der Waals surface area contributed by atoms with Gasteiger partial charge in [0.15, 0.2) is 0 Å². The fraction of sp³-hybridized carbons (Fsp3) is 0.192. The van der Waals surface area contributed by atoms with Crippen LogP contribution >= 0.6 is 0 Å². The largest absolute Gasteiger partial charge is 0.480 e. The number of hydrogen-bond donors (Lipinski definition) is 3. The number of carboxylic acid groups (broad SMARTS) is 1. The Balaban J connectivity index is 1.61. The summed E-state index contributed by atoms with van der Waals surface area (Å²) in [6.45, 7) is -0.370. The number of rotatable bonds is 10. The van der Waals surface area contributed by atoms with Gasteiger partial charge in [0.1, 0.15) is 22.9 Å². The molecule has 1 aliphatic rings. The predicted octanol–water partition coefficient (Wildman–Crippen LogP) is 4.13. The number of anilines is 1. The molecule has 0 fully saturated rings. The van der Waals surface area contributed by atoms with Crippen molar-refractivity contribution in [1.82, 2.24) is 14.7 Å². The highest BCUT2D eigenvalue weighted by Gasteiger charge is 2.35. The lowest BCUT2D eigenvalue weighted by Crippen LogP contribution is -2.35. The molecule has 1 aromatic carbocycles. The van der Waals surface area contributed by atoms with E-state index in [-0.39, 0.29) is 35.8 Å².